The number of rotatable bonds is 5. The number of amides is 1. The molecule has 0 radical (unpaired) electrons. The van der Waals surface area contributed by atoms with E-state index in [2.05, 4.69) is 29.3 Å². The summed E-state index contributed by atoms with van der Waals surface area (Å²) >= 11 is 0. The first-order valence-electron chi connectivity index (χ1n) is 7.95. The van der Waals surface area contributed by atoms with Crippen molar-refractivity contribution >= 4 is 17.3 Å². The van der Waals surface area contributed by atoms with E-state index < -0.39 is 0 Å². The molecule has 1 aliphatic heterocycles. The van der Waals surface area contributed by atoms with Crippen LogP contribution in [-0.2, 0) is 4.79 Å². The first-order chi connectivity index (χ1) is 10.0. The van der Waals surface area contributed by atoms with Crippen LogP contribution in [0.5, 0.6) is 0 Å². The van der Waals surface area contributed by atoms with Gasteiger partial charge in [-0.25, -0.2) is 0 Å². The fraction of sp³-hybridized carbons (Fsp3) is 0.588. The Kier molecular flexibility index (Phi) is 5.62. The average molecular weight is 289 g/mol. The second-order valence-electron chi connectivity index (χ2n) is 6.28. The van der Waals surface area contributed by atoms with Crippen molar-refractivity contribution in [1.82, 2.24) is 0 Å². The van der Waals surface area contributed by atoms with Gasteiger partial charge >= 0.3 is 0 Å². The number of nitrogens with two attached hydrogens (primary N) is 1. The molecule has 0 bridgehead atoms. The molecule has 1 aromatic rings. The molecule has 1 fully saturated rings. The molecule has 1 aliphatic rings. The van der Waals surface area contributed by atoms with Crippen LogP contribution in [0, 0.1) is 5.92 Å². The highest BCUT2D eigenvalue weighted by Crippen LogP contribution is 2.25. The Labute approximate surface area is 127 Å². The number of piperidine rings is 1. The minimum absolute atomic E-state index is 0.0386. The number of anilines is 2. The molecule has 21 heavy (non-hydrogen) atoms. The molecular formula is C17H27N3O. The fourth-order valence-electron chi connectivity index (χ4n) is 2.63. The standard InChI is InChI=1S/C17H27N3O/c1-13-8-10-20(11-9-13)16-5-3-4-15(12-16)19-17(21)7-6-14(2)18/h3-5,12-14H,6-11,18H2,1-2H3,(H,19,21). The Morgan fingerprint density at radius 2 is 2.14 bits per heavy atom. The highest BCUT2D eigenvalue weighted by Gasteiger charge is 2.16. The number of hydrogen-bond acceptors (Lipinski definition) is 3. The number of benzene rings is 1. The minimum Gasteiger partial charge on any atom is -0.371 e. The van der Waals surface area contributed by atoms with Gasteiger partial charge in [-0.15, -0.1) is 0 Å². The molecular weight excluding hydrogens is 262 g/mol. The molecule has 0 spiro atoms. The maximum atomic E-state index is 11.9. The highest BCUT2D eigenvalue weighted by molar-refractivity contribution is 5.91. The molecule has 1 aromatic carbocycles. The first-order valence-corrected chi connectivity index (χ1v) is 7.95. The third-order valence-electron chi connectivity index (χ3n) is 4.11. The third-order valence-corrected chi connectivity index (χ3v) is 4.11. The van der Waals surface area contributed by atoms with Gasteiger partial charge in [-0.2, -0.15) is 0 Å². The van der Waals surface area contributed by atoms with Crippen LogP contribution in [0.15, 0.2) is 24.3 Å². The second-order valence-corrected chi connectivity index (χ2v) is 6.28. The van der Waals surface area contributed by atoms with E-state index >= 15 is 0 Å². The zero-order valence-corrected chi connectivity index (χ0v) is 13.1. The first kappa shape index (κ1) is 15.8. The molecule has 1 atom stereocenters. The molecule has 0 aliphatic carbocycles. The highest BCUT2D eigenvalue weighted by atomic mass is 16.1. The van der Waals surface area contributed by atoms with Crippen LogP contribution in [0.25, 0.3) is 0 Å². The minimum atomic E-state index is 0.0386. The molecule has 4 heteroatoms. The number of carbonyl (C=O) groups excluding carboxylic acids is 1. The predicted molar refractivity (Wildman–Crippen MR) is 88.6 cm³/mol. The summed E-state index contributed by atoms with van der Waals surface area (Å²) in [4.78, 5) is 14.3. The van der Waals surface area contributed by atoms with Crippen molar-refractivity contribution in [2.75, 3.05) is 23.3 Å². The van der Waals surface area contributed by atoms with Crippen LogP contribution < -0.4 is 16.0 Å². The Hall–Kier alpha value is -1.55. The molecule has 0 aromatic heterocycles. The number of nitrogens with zero attached hydrogens (tertiary/aromatic N) is 1. The van der Waals surface area contributed by atoms with Crippen molar-refractivity contribution < 1.29 is 4.79 Å². The zero-order valence-electron chi connectivity index (χ0n) is 13.1. The van der Waals surface area contributed by atoms with E-state index in [0.717, 1.165) is 31.1 Å². The van der Waals surface area contributed by atoms with Gasteiger partial charge < -0.3 is 16.0 Å². The lowest BCUT2D eigenvalue weighted by atomic mass is 9.99. The summed E-state index contributed by atoms with van der Waals surface area (Å²) in [6, 6.07) is 8.21. The topological polar surface area (TPSA) is 58.4 Å². The molecule has 116 valence electrons. The van der Waals surface area contributed by atoms with Crippen molar-refractivity contribution in [2.45, 2.75) is 45.6 Å². The maximum absolute atomic E-state index is 11.9. The van der Waals surface area contributed by atoms with Gasteiger partial charge in [0, 0.05) is 36.9 Å². The predicted octanol–water partition coefficient (Wildman–Crippen LogP) is 2.99. The second kappa shape index (κ2) is 7.46. The average Bonchev–Trinajstić information content (AvgIpc) is 2.46. The van der Waals surface area contributed by atoms with Gasteiger partial charge in [0.2, 0.25) is 5.91 Å². The Balaban J connectivity index is 1.93. The summed E-state index contributed by atoms with van der Waals surface area (Å²) in [5.74, 6) is 0.860. The summed E-state index contributed by atoms with van der Waals surface area (Å²) < 4.78 is 0. The van der Waals surface area contributed by atoms with Gasteiger partial charge in [0.1, 0.15) is 0 Å². The largest absolute Gasteiger partial charge is 0.371 e. The normalized spacial score (nSPS) is 17.6. The Bertz CT molecular complexity index is 465. The number of carbonyl (C=O) groups is 1. The fourth-order valence-corrected chi connectivity index (χ4v) is 2.63. The molecule has 1 unspecified atom stereocenters. The van der Waals surface area contributed by atoms with Gasteiger partial charge in [-0.1, -0.05) is 13.0 Å². The van der Waals surface area contributed by atoms with E-state index in [1.54, 1.807) is 0 Å². The quantitative estimate of drug-likeness (QED) is 0.876. The van der Waals surface area contributed by atoms with Gasteiger partial charge in [0.05, 0.1) is 0 Å². The summed E-state index contributed by atoms with van der Waals surface area (Å²) in [6.07, 6.45) is 3.68. The Morgan fingerprint density at radius 3 is 2.81 bits per heavy atom. The monoisotopic (exact) mass is 289 g/mol. The summed E-state index contributed by atoms with van der Waals surface area (Å²) in [5.41, 5.74) is 7.76. The van der Waals surface area contributed by atoms with E-state index in [1.165, 1.54) is 18.5 Å². The van der Waals surface area contributed by atoms with Crippen LogP contribution in [0.3, 0.4) is 0 Å². The zero-order chi connectivity index (χ0) is 15.2. The Morgan fingerprint density at radius 1 is 1.43 bits per heavy atom. The van der Waals surface area contributed by atoms with Crippen LogP contribution in [0.4, 0.5) is 11.4 Å². The van der Waals surface area contributed by atoms with Crippen molar-refractivity contribution in [1.29, 1.82) is 0 Å². The lowest BCUT2D eigenvalue weighted by Gasteiger charge is -2.32. The van der Waals surface area contributed by atoms with Crippen molar-refractivity contribution in [2.24, 2.45) is 11.7 Å². The molecule has 1 heterocycles. The third kappa shape index (κ3) is 5.05. The van der Waals surface area contributed by atoms with Crippen molar-refractivity contribution in [3.63, 3.8) is 0 Å². The van der Waals surface area contributed by atoms with Gasteiger partial charge in [-0.05, 0) is 50.3 Å². The van der Waals surface area contributed by atoms with Crippen LogP contribution >= 0.6 is 0 Å². The SMILES string of the molecule is CC(N)CCC(=O)Nc1cccc(N2CCC(C)CC2)c1. The van der Waals surface area contributed by atoms with E-state index in [-0.39, 0.29) is 11.9 Å². The van der Waals surface area contributed by atoms with Crippen LogP contribution in [0.2, 0.25) is 0 Å². The number of hydrogen-bond donors (Lipinski definition) is 2. The molecule has 2 rings (SSSR count). The maximum Gasteiger partial charge on any atom is 0.224 e. The van der Waals surface area contributed by atoms with E-state index in [4.69, 9.17) is 5.73 Å². The van der Waals surface area contributed by atoms with E-state index in [9.17, 15) is 4.79 Å². The van der Waals surface area contributed by atoms with Gasteiger partial charge in [0.25, 0.3) is 0 Å². The smallest absolute Gasteiger partial charge is 0.224 e. The summed E-state index contributed by atoms with van der Waals surface area (Å²) in [6.45, 7) is 6.43. The lowest BCUT2D eigenvalue weighted by molar-refractivity contribution is -0.116. The molecule has 1 amide bonds. The molecule has 4 nitrogen and oxygen atoms in total. The van der Waals surface area contributed by atoms with Crippen LogP contribution in [-0.4, -0.2) is 25.0 Å². The lowest BCUT2D eigenvalue weighted by Crippen LogP contribution is -2.32. The summed E-state index contributed by atoms with van der Waals surface area (Å²) in [7, 11) is 0. The molecule has 3 N–H and O–H groups in total. The van der Waals surface area contributed by atoms with Gasteiger partial charge in [0.15, 0.2) is 0 Å². The van der Waals surface area contributed by atoms with Crippen LogP contribution in [0.1, 0.15) is 39.5 Å². The summed E-state index contributed by atoms with van der Waals surface area (Å²) in [5, 5.41) is 2.96. The van der Waals surface area contributed by atoms with Crippen molar-refractivity contribution in [3.05, 3.63) is 24.3 Å². The molecule has 0 saturated carbocycles. The van der Waals surface area contributed by atoms with E-state index in [1.807, 2.05) is 19.1 Å². The molecule has 1 saturated heterocycles. The van der Waals surface area contributed by atoms with Crippen molar-refractivity contribution in [3.8, 4) is 0 Å². The van der Waals surface area contributed by atoms with Gasteiger partial charge in [-0.3, -0.25) is 4.79 Å². The number of nitrogens with one attached hydrogen (secondary N) is 1. The van der Waals surface area contributed by atoms with E-state index in [0.29, 0.717) is 6.42 Å².